The molecule has 0 spiro atoms. The van der Waals surface area contributed by atoms with Crippen LogP contribution in [-0.4, -0.2) is 18.4 Å². The first-order chi connectivity index (χ1) is 7.99. The van der Waals surface area contributed by atoms with Crippen LogP contribution in [0.25, 0.3) is 11.4 Å². The minimum atomic E-state index is -2.91. The summed E-state index contributed by atoms with van der Waals surface area (Å²) in [5.41, 5.74) is -0.724. The van der Waals surface area contributed by atoms with Crippen molar-refractivity contribution in [1.29, 1.82) is 0 Å². The van der Waals surface area contributed by atoms with Gasteiger partial charge in [-0.2, -0.15) is 0 Å². The lowest BCUT2D eigenvalue weighted by Gasteiger charge is -1.73. The molecule has 0 saturated heterocycles. The molecule has 86 valence electrons. The van der Waals surface area contributed by atoms with E-state index in [1.165, 1.54) is 24.4 Å². The lowest BCUT2D eigenvalue weighted by Crippen LogP contribution is -2.19. The Labute approximate surface area is 95.9 Å². The molecule has 0 bridgehead atoms. The molecule has 0 N–H and O–H groups in total. The van der Waals surface area contributed by atoms with E-state index in [-0.39, 0.29) is 5.69 Å². The van der Waals surface area contributed by atoms with Crippen molar-refractivity contribution in [2.24, 2.45) is 0 Å². The molecule has 0 atom stereocenters. The first-order valence-electron chi connectivity index (χ1n) is 4.51. The average Bonchev–Trinajstić information content (AvgIpc) is 2.91. The van der Waals surface area contributed by atoms with E-state index in [9.17, 15) is 18.0 Å². The van der Waals surface area contributed by atoms with Crippen LogP contribution in [0, 0.1) is 0 Å². The van der Waals surface area contributed by atoms with Crippen LogP contribution in [0.5, 0.6) is 0 Å². The second kappa shape index (κ2) is 4.02. The van der Waals surface area contributed by atoms with Crippen LogP contribution in [0.1, 0.15) is 0 Å². The van der Waals surface area contributed by atoms with E-state index >= 15 is 0 Å². The number of sulfone groups is 1. The van der Waals surface area contributed by atoms with E-state index in [1.807, 2.05) is 0 Å². The summed E-state index contributed by atoms with van der Waals surface area (Å²) < 4.78 is 20.5. The number of nitrogens with zero attached hydrogens (tertiary/aromatic N) is 2. The van der Waals surface area contributed by atoms with Crippen molar-refractivity contribution in [3.05, 3.63) is 55.8 Å². The predicted molar refractivity (Wildman–Crippen MR) is 60.8 cm³/mol. The van der Waals surface area contributed by atoms with Crippen molar-refractivity contribution < 1.29 is 8.42 Å². The van der Waals surface area contributed by atoms with Crippen LogP contribution in [0.3, 0.4) is 0 Å². The highest BCUT2D eigenvalue weighted by Crippen LogP contribution is 2.08. The van der Waals surface area contributed by atoms with Gasteiger partial charge in [-0.1, -0.05) is 0 Å². The molecule has 0 aromatic carbocycles. The zero-order valence-electron chi connectivity index (χ0n) is 8.40. The minimum absolute atomic E-state index is 0.185. The van der Waals surface area contributed by atoms with Crippen molar-refractivity contribution in [1.82, 2.24) is 9.97 Å². The van der Waals surface area contributed by atoms with Gasteiger partial charge in [-0.25, -0.2) is 13.4 Å². The molecule has 0 aromatic heterocycles. The van der Waals surface area contributed by atoms with Crippen molar-refractivity contribution in [3.63, 3.8) is 0 Å². The Morgan fingerprint density at radius 1 is 1.06 bits per heavy atom. The van der Waals surface area contributed by atoms with Gasteiger partial charge in [0, 0.05) is 17.0 Å². The van der Waals surface area contributed by atoms with Crippen LogP contribution in [0.4, 0.5) is 0 Å². The highest BCUT2D eigenvalue weighted by atomic mass is 32.2. The van der Waals surface area contributed by atoms with Crippen molar-refractivity contribution in [2.75, 3.05) is 0 Å². The average molecular weight is 250 g/mol. The van der Waals surface area contributed by atoms with Gasteiger partial charge < -0.3 is 0 Å². The molecule has 0 amide bonds. The monoisotopic (exact) mass is 250 g/mol. The van der Waals surface area contributed by atoms with Crippen LogP contribution >= 0.6 is 0 Å². The van der Waals surface area contributed by atoms with Crippen LogP contribution < -0.4 is 11.0 Å². The largest absolute Gasteiger partial charge is 0.320 e. The number of hydrogen-bond acceptors (Lipinski definition) is 6. The minimum Gasteiger partial charge on any atom is -0.281 e. The molecule has 3 aliphatic rings. The summed E-state index contributed by atoms with van der Waals surface area (Å²) in [5.74, 6) is 0. The first kappa shape index (κ1) is 11.3. The normalized spacial score (nSPS) is 16.0. The number of allylic oxidation sites excluding steroid dienone is 2. The molecule has 0 aromatic rings. The SMILES string of the molecule is O=S1(=O)C=CC=C1.O=c1nc2ccnc-2c1=O. The molecule has 0 radical (unpaired) electrons. The van der Waals surface area contributed by atoms with Crippen LogP contribution in [0.2, 0.25) is 0 Å². The third-order valence-corrected chi connectivity index (χ3v) is 3.03. The van der Waals surface area contributed by atoms with E-state index in [2.05, 4.69) is 9.97 Å². The van der Waals surface area contributed by atoms with E-state index in [1.54, 1.807) is 0 Å². The third-order valence-electron chi connectivity index (χ3n) is 1.96. The Morgan fingerprint density at radius 2 is 1.71 bits per heavy atom. The lowest BCUT2D eigenvalue weighted by molar-refractivity contribution is 0.613. The van der Waals surface area contributed by atoms with Gasteiger partial charge >= 0.3 is 5.56 Å². The molecular weight excluding hydrogens is 244 g/mol. The summed E-state index contributed by atoms with van der Waals surface area (Å²) in [6, 6.07) is 1.54. The zero-order valence-corrected chi connectivity index (χ0v) is 9.22. The topological polar surface area (TPSA) is 94.1 Å². The Kier molecular flexibility index (Phi) is 2.68. The Morgan fingerprint density at radius 3 is 2.18 bits per heavy atom. The zero-order chi connectivity index (χ0) is 12.5. The molecule has 3 heterocycles. The second-order valence-electron chi connectivity index (χ2n) is 3.17. The van der Waals surface area contributed by atoms with Gasteiger partial charge in [-0.05, 0) is 18.2 Å². The van der Waals surface area contributed by atoms with Crippen LogP contribution in [-0.2, 0) is 9.84 Å². The fourth-order valence-corrected chi connectivity index (χ4v) is 1.92. The van der Waals surface area contributed by atoms with E-state index in [4.69, 9.17) is 0 Å². The molecule has 17 heavy (non-hydrogen) atoms. The number of fused-ring (bicyclic) bond motifs is 1. The van der Waals surface area contributed by atoms with Crippen molar-refractivity contribution >= 4 is 9.84 Å². The maximum atomic E-state index is 10.8. The van der Waals surface area contributed by atoms with E-state index in [0.29, 0.717) is 5.69 Å². The Bertz CT molecular complexity index is 733. The molecule has 0 unspecified atom stereocenters. The molecule has 6 nitrogen and oxygen atoms in total. The molecule has 0 fully saturated rings. The summed E-state index contributed by atoms with van der Waals surface area (Å²) in [4.78, 5) is 28.4. The molecule has 3 rings (SSSR count). The van der Waals surface area contributed by atoms with Crippen LogP contribution in [0.15, 0.2) is 44.8 Å². The van der Waals surface area contributed by atoms with E-state index in [0.717, 1.165) is 10.8 Å². The smallest absolute Gasteiger partial charge is 0.281 e. The molecule has 3 aliphatic heterocycles. The number of aromatic nitrogens is 2. The molecule has 7 heteroatoms. The number of rotatable bonds is 0. The highest BCUT2D eigenvalue weighted by molar-refractivity contribution is 7.97. The Hall–Kier alpha value is -2.15. The van der Waals surface area contributed by atoms with Gasteiger partial charge in [0.2, 0.25) is 0 Å². The molecular formula is C10H6N2O4S. The third kappa shape index (κ3) is 2.34. The highest BCUT2D eigenvalue weighted by Gasteiger charge is 2.14. The molecule has 0 saturated carbocycles. The quantitative estimate of drug-likeness (QED) is 0.591. The fourth-order valence-electron chi connectivity index (χ4n) is 1.21. The van der Waals surface area contributed by atoms with Crippen molar-refractivity contribution in [2.45, 2.75) is 0 Å². The first-order valence-corrected chi connectivity index (χ1v) is 6.12. The second-order valence-corrected chi connectivity index (χ2v) is 4.89. The van der Waals surface area contributed by atoms with Gasteiger partial charge in [-0.15, -0.1) is 0 Å². The summed E-state index contributed by atoms with van der Waals surface area (Å²) >= 11 is 0. The maximum absolute atomic E-state index is 10.8. The predicted octanol–water partition coefficient (Wildman–Crippen LogP) is -0.380. The van der Waals surface area contributed by atoms with Gasteiger partial charge in [0.05, 0.1) is 5.69 Å². The summed E-state index contributed by atoms with van der Waals surface area (Å²) in [7, 11) is -2.91. The molecule has 0 aliphatic carbocycles. The Balaban J connectivity index is 0.000000136. The van der Waals surface area contributed by atoms with E-state index < -0.39 is 20.8 Å². The fraction of sp³-hybridized carbons (Fsp3) is 0. The van der Waals surface area contributed by atoms with Gasteiger partial charge in [0.25, 0.3) is 5.43 Å². The van der Waals surface area contributed by atoms with Gasteiger partial charge in [0.15, 0.2) is 9.84 Å². The number of hydrogen-bond donors (Lipinski definition) is 0. The maximum Gasteiger partial charge on any atom is 0.320 e. The summed E-state index contributed by atoms with van der Waals surface area (Å²) in [6.45, 7) is 0. The lowest BCUT2D eigenvalue weighted by atomic mass is 10.4. The van der Waals surface area contributed by atoms with Gasteiger partial charge in [0.1, 0.15) is 5.69 Å². The summed E-state index contributed by atoms with van der Waals surface area (Å²) in [6.07, 6.45) is 4.45. The van der Waals surface area contributed by atoms with Gasteiger partial charge in [-0.3, -0.25) is 14.6 Å². The standard InChI is InChI=1S/C6H2N2O2.C4H4O2S/c9-5-4-3(1-2-7-4)8-6(5)10;5-7(6)3-1-2-4-7/h1-2H;1-4H. The van der Waals surface area contributed by atoms with Crippen molar-refractivity contribution in [3.8, 4) is 11.4 Å². The summed E-state index contributed by atoms with van der Waals surface area (Å²) in [5, 5.41) is 2.32.